The Morgan fingerprint density at radius 2 is 2.08 bits per heavy atom. The first-order valence-electron chi connectivity index (χ1n) is 4.29. The zero-order valence-electron chi connectivity index (χ0n) is 7.56. The van der Waals surface area contributed by atoms with E-state index in [9.17, 15) is 8.78 Å². The zero-order chi connectivity index (χ0) is 9.84. The predicted octanol–water partition coefficient (Wildman–Crippen LogP) is 2.24. The summed E-state index contributed by atoms with van der Waals surface area (Å²) >= 11 is 0. The normalized spacial score (nSPS) is 12.9. The quantitative estimate of drug-likeness (QED) is 0.767. The van der Waals surface area contributed by atoms with Crippen molar-refractivity contribution in [1.82, 2.24) is 0 Å². The molecule has 0 aliphatic rings. The molecule has 1 nitrogen and oxygen atoms in total. The van der Waals surface area contributed by atoms with Gasteiger partial charge in [0.05, 0.1) is 0 Å². The number of halogens is 2. The van der Waals surface area contributed by atoms with Crippen LogP contribution in [0.2, 0.25) is 0 Å². The third kappa shape index (κ3) is 2.77. The molecule has 3 heteroatoms. The van der Waals surface area contributed by atoms with Gasteiger partial charge < -0.3 is 5.73 Å². The van der Waals surface area contributed by atoms with Gasteiger partial charge in [0.1, 0.15) is 0 Å². The molecule has 0 spiro atoms. The highest BCUT2D eigenvalue weighted by Crippen LogP contribution is 2.13. The molecule has 2 N–H and O–H groups in total. The van der Waals surface area contributed by atoms with Crippen molar-refractivity contribution in [2.24, 2.45) is 5.73 Å². The van der Waals surface area contributed by atoms with Crippen LogP contribution in [0.15, 0.2) is 18.2 Å². The van der Waals surface area contributed by atoms with Gasteiger partial charge in [-0.3, -0.25) is 0 Å². The van der Waals surface area contributed by atoms with Gasteiger partial charge in [0.2, 0.25) is 0 Å². The Bertz CT molecular complexity index is 284. The first-order valence-corrected chi connectivity index (χ1v) is 4.29. The molecule has 0 aliphatic carbocycles. The first-order chi connectivity index (χ1) is 6.11. The maximum Gasteiger partial charge on any atom is 0.162 e. The van der Waals surface area contributed by atoms with Crippen LogP contribution in [0, 0.1) is 11.6 Å². The summed E-state index contributed by atoms with van der Waals surface area (Å²) in [5, 5.41) is 0. The lowest BCUT2D eigenvalue weighted by molar-refractivity contribution is 0.494. The molecule has 0 fully saturated rings. The number of hydrogen-bond donors (Lipinski definition) is 1. The van der Waals surface area contributed by atoms with E-state index in [0.29, 0.717) is 18.4 Å². The smallest absolute Gasteiger partial charge is 0.162 e. The number of aryl methyl sites for hydroxylation is 1. The molecule has 0 aliphatic heterocycles. The fraction of sp³-hybridized carbons (Fsp3) is 0.400. The second kappa shape index (κ2) is 4.33. The van der Waals surface area contributed by atoms with Crippen LogP contribution >= 0.6 is 0 Å². The highest BCUT2D eigenvalue weighted by molar-refractivity contribution is 5.19. The summed E-state index contributed by atoms with van der Waals surface area (Å²) in [4.78, 5) is 0. The average Bonchev–Trinajstić information content (AvgIpc) is 2.07. The molecule has 0 radical (unpaired) electrons. The SMILES string of the molecule is CC(N)CCc1cccc(F)c1F. The summed E-state index contributed by atoms with van der Waals surface area (Å²) in [6, 6.07) is 4.23. The lowest BCUT2D eigenvalue weighted by Crippen LogP contribution is -2.15. The van der Waals surface area contributed by atoms with E-state index in [1.165, 1.54) is 6.07 Å². The summed E-state index contributed by atoms with van der Waals surface area (Å²) in [6.07, 6.45) is 1.15. The molecule has 1 unspecified atom stereocenters. The fourth-order valence-corrected chi connectivity index (χ4v) is 1.12. The molecule has 0 heterocycles. The fourth-order valence-electron chi connectivity index (χ4n) is 1.12. The summed E-state index contributed by atoms with van der Waals surface area (Å²) in [5.74, 6) is -1.54. The summed E-state index contributed by atoms with van der Waals surface area (Å²) in [7, 11) is 0. The van der Waals surface area contributed by atoms with Gasteiger partial charge in [0, 0.05) is 6.04 Å². The van der Waals surface area contributed by atoms with E-state index in [1.54, 1.807) is 6.07 Å². The second-order valence-corrected chi connectivity index (χ2v) is 3.23. The maximum absolute atomic E-state index is 13.0. The molecule has 1 rings (SSSR count). The highest BCUT2D eigenvalue weighted by atomic mass is 19.2. The Labute approximate surface area is 76.6 Å². The average molecular weight is 185 g/mol. The Morgan fingerprint density at radius 3 is 2.69 bits per heavy atom. The van der Waals surface area contributed by atoms with Crippen LogP contribution in [-0.4, -0.2) is 6.04 Å². The predicted molar refractivity (Wildman–Crippen MR) is 48.3 cm³/mol. The van der Waals surface area contributed by atoms with Crippen molar-refractivity contribution in [3.63, 3.8) is 0 Å². The van der Waals surface area contributed by atoms with E-state index >= 15 is 0 Å². The molecule has 0 aromatic heterocycles. The minimum atomic E-state index is -0.790. The van der Waals surface area contributed by atoms with Crippen molar-refractivity contribution in [3.8, 4) is 0 Å². The van der Waals surface area contributed by atoms with Crippen molar-refractivity contribution < 1.29 is 8.78 Å². The van der Waals surface area contributed by atoms with Gasteiger partial charge in [0.15, 0.2) is 11.6 Å². The van der Waals surface area contributed by atoms with Gasteiger partial charge in [-0.1, -0.05) is 12.1 Å². The minimum Gasteiger partial charge on any atom is -0.328 e. The largest absolute Gasteiger partial charge is 0.328 e. The second-order valence-electron chi connectivity index (χ2n) is 3.23. The third-order valence-electron chi connectivity index (χ3n) is 1.90. The molecule has 1 atom stereocenters. The maximum atomic E-state index is 13.0. The zero-order valence-corrected chi connectivity index (χ0v) is 7.56. The first kappa shape index (κ1) is 10.1. The van der Waals surface area contributed by atoms with E-state index in [0.717, 1.165) is 6.07 Å². The molecular weight excluding hydrogens is 172 g/mol. The number of nitrogens with two attached hydrogens (primary N) is 1. The molecular formula is C10H13F2N. The van der Waals surface area contributed by atoms with E-state index in [1.807, 2.05) is 6.92 Å². The van der Waals surface area contributed by atoms with E-state index in [-0.39, 0.29) is 6.04 Å². The van der Waals surface area contributed by atoms with Crippen LogP contribution in [0.4, 0.5) is 8.78 Å². The Morgan fingerprint density at radius 1 is 1.38 bits per heavy atom. The molecule has 72 valence electrons. The summed E-state index contributed by atoms with van der Waals surface area (Å²) < 4.78 is 25.7. The van der Waals surface area contributed by atoms with Gasteiger partial charge >= 0.3 is 0 Å². The standard InChI is InChI=1S/C10H13F2N/c1-7(13)5-6-8-3-2-4-9(11)10(8)12/h2-4,7H,5-6,13H2,1H3. The van der Waals surface area contributed by atoms with Crippen LogP contribution in [0.25, 0.3) is 0 Å². The van der Waals surface area contributed by atoms with E-state index in [4.69, 9.17) is 5.73 Å². The van der Waals surface area contributed by atoms with Gasteiger partial charge in [-0.15, -0.1) is 0 Å². The summed E-state index contributed by atoms with van der Waals surface area (Å²) in [6.45, 7) is 1.84. The molecule has 1 aromatic carbocycles. The van der Waals surface area contributed by atoms with Gasteiger partial charge in [-0.05, 0) is 31.4 Å². The molecule has 13 heavy (non-hydrogen) atoms. The minimum absolute atomic E-state index is 0.0164. The van der Waals surface area contributed by atoms with Crippen LogP contribution < -0.4 is 5.73 Å². The van der Waals surface area contributed by atoms with Crippen LogP contribution in [0.3, 0.4) is 0 Å². The summed E-state index contributed by atoms with van der Waals surface area (Å²) in [5.41, 5.74) is 5.91. The van der Waals surface area contributed by atoms with Crippen molar-refractivity contribution >= 4 is 0 Å². The molecule has 0 bridgehead atoms. The number of benzene rings is 1. The monoisotopic (exact) mass is 185 g/mol. The van der Waals surface area contributed by atoms with Crippen LogP contribution in [0.1, 0.15) is 18.9 Å². The highest BCUT2D eigenvalue weighted by Gasteiger charge is 2.07. The Kier molecular flexibility index (Phi) is 3.37. The number of rotatable bonds is 3. The number of hydrogen-bond acceptors (Lipinski definition) is 1. The topological polar surface area (TPSA) is 26.0 Å². The van der Waals surface area contributed by atoms with Crippen LogP contribution in [0.5, 0.6) is 0 Å². The van der Waals surface area contributed by atoms with Crippen molar-refractivity contribution in [3.05, 3.63) is 35.4 Å². The molecule has 0 saturated carbocycles. The van der Waals surface area contributed by atoms with E-state index < -0.39 is 11.6 Å². The molecule has 0 saturated heterocycles. The van der Waals surface area contributed by atoms with Crippen molar-refractivity contribution in [2.75, 3.05) is 0 Å². The molecule has 1 aromatic rings. The lowest BCUT2D eigenvalue weighted by atomic mass is 10.1. The van der Waals surface area contributed by atoms with Gasteiger partial charge in [-0.2, -0.15) is 0 Å². The lowest BCUT2D eigenvalue weighted by Gasteiger charge is -2.05. The van der Waals surface area contributed by atoms with Crippen molar-refractivity contribution in [2.45, 2.75) is 25.8 Å². The Hall–Kier alpha value is -0.960. The third-order valence-corrected chi connectivity index (χ3v) is 1.90. The van der Waals surface area contributed by atoms with Gasteiger partial charge in [-0.25, -0.2) is 8.78 Å². The Balaban J connectivity index is 2.71. The van der Waals surface area contributed by atoms with Gasteiger partial charge in [0.25, 0.3) is 0 Å². The molecule has 0 amide bonds. The van der Waals surface area contributed by atoms with Crippen molar-refractivity contribution in [1.29, 1.82) is 0 Å². The van der Waals surface area contributed by atoms with Crippen LogP contribution in [-0.2, 0) is 6.42 Å². The van der Waals surface area contributed by atoms with E-state index in [2.05, 4.69) is 0 Å².